The van der Waals surface area contributed by atoms with E-state index in [4.69, 9.17) is 4.74 Å². The molecule has 0 saturated heterocycles. The molecular formula is C37H34N4O4S2. The quantitative estimate of drug-likeness (QED) is 0.0433. The summed E-state index contributed by atoms with van der Waals surface area (Å²) in [7, 11) is 0. The van der Waals surface area contributed by atoms with Gasteiger partial charge in [-0.15, -0.1) is 21.6 Å². The zero-order chi connectivity index (χ0) is 32.9. The van der Waals surface area contributed by atoms with Crippen LogP contribution in [0.3, 0.4) is 0 Å². The van der Waals surface area contributed by atoms with Gasteiger partial charge in [-0.3, -0.25) is 9.59 Å². The number of hydrogen-bond donors (Lipinski definition) is 0. The van der Waals surface area contributed by atoms with Gasteiger partial charge in [0, 0.05) is 34.8 Å². The van der Waals surface area contributed by atoms with Gasteiger partial charge in [0.2, 0.25) is 5.13 Å². The Morgan fingerprint density at radius 2 is 1.57 bits per heavy atom. The summed E-state index contributed by atoms with van der Waals surface area (Å²) >= 11 is 2.71. The predicted molar refractivity (Wildman–Crippen MR) is 189 cm³/mol. The molecule has 47 heavy (non-hydrogen) atoms. The lowest BCUT2D eigenvalue weighted by atomic mass is 9.93. The van der Waals surface area contributed by atoms with E-state index in [0.717, 1.165) is 58.8 Å². The summed E-state index contributed by atoms with van der Waals surface area (Å²) in [6.45, 7) is 8.25. The summed E-state index contributed by atoms with van der Waals surface area (Å²) in [5.74, 6) is -2.49. The van der Waals surface area contributed by atoms with E-state index in [-0.39, 0.29) is 5.57 Å². The number of hydrogen-bond acceptors (Lipinski definition) is 10. The second kappa shape index (κ2) is 14.3. The van der Waals surface area contributed by atoms with Crippen molar-refractivity contribution < 1.29 is 19.1 Å². The van der Waals surface area contributed by atoms with Crippen LogP contribution in [0, 0.1) is 5.92 Å². The molecule has 1 aliphatic carbocycles. The second-order valence-corrected chi connectivity index (χ2v) is 13.2. The van der Waals surface area contributed by atoms with Crippen LogP contribution in [0.1, 0.15) is 64.8 Å². The number of aromatic nitrogens is 1. The molecule has 0 aliphatic heterocycles. The molecule has 2 heterocycles. The summed E-state index contributed by atoms with van der Waals surface area (Å²) in [5, 5.41) is 9.21. The number of carbonyl (C=O) groups excluding carboxylic acids is 3. The van der Waals surface area contributed by atoms with Crippen molar-refractivity contribution in [1.29, 1.82) is 0 Å². The summed E-state index contributed by atoms with van der Waals surface area (Å²) < 4.78 is 6.60. The van der Waals surface area contributed by atoms with Crippen molar-refractivity contribution >= 4 is 72.3 Å². The molecule has 0 bridgehead atoms. The molecular weight excluding hydrogens is 629 g/mol. The fourth-order valence-corrected chi connectivity index (χ4v) is 7.58. The highest BCUT2D eigenvalue weighted by Gasteiger charge is 2.43. The van der Waals surface area contributed by atoms with Crippen molar-refractivity contribution in [3.05, 3.63) is 106 Å². The number of thiophene rings is 1. The van der Waals surface area contributed by atoms with E-state index in [2.05, 4.69) is 40.9 Å². The van der Waals surface area contributed by atoms with Crippen LogP contribution < -0.4 is 9.64 Å². The number of anilines is 1. The summed E-state index contributed by atoms with van der Waals surface area (Å²) in [4.78, 5) is 48.9. The van der Waals surface area contributed by atoms with Gasteiger partial charge in [0.25, 0.3) is 0 Å². The van der Waals surface area contributed by atoms with Crippen LogP contribution in [0.5, 0.6) is 5.75 Å². The molecule has 0 unspecified atom stereocenters. The van der Waals surface area contributed by atoms with Crippen molar-refractivity contribution in [2.75, 3.05) is 18.0 Å². The standard InChI is InChI=1S/C37H34N4O4S2/c1-4-7-10-23-13-19-26(20-14-23)45-36(44)30(32-33(42)28-11-8-9-12-29(28)34(32)43)21-27-22-31-35(46-27)38-37(47-31)40-39-24-15-17-25(18-16-24)41(5-2)6-3/h8-9,11-22,32H,4-7,10H2,1-3H3/b30-21+,40-39+. The molecule has 0 fully saturated rings. The molecule has 0 saturated carbocycles. The Hall–Kier alpha value is -4.80. The maximum atomic E-state index is 13.7. The highest BCUT2D eigenvalue weighted by molar-refractivity contribution is 7.29. The zero-order valence-corrected chi connectivity index (χ0v) is 28.1. The van der Waals surface area contributed by atoms with E-state index in [0.29, 0.717) is 26.9 Å². The fraction of sp³-hybridized carbons (Fsp3) is 0.243. The van der Waals surface area contributed by atoms with Crippen LogP contribution in [0.2, 0.25) is 0 Å². The summed E-state index contributed by atoms with van der Waals surface area (Å²) in [6, 6.07) is 23.8. The van der Waals surface area contributed by atoms with Crippen molar-refractivity contribution in [2.45, 2.75) is 40.0 Å². The lowest BCUT2D eigenvalue weighted by molar-refractivity contribution is -0.130. The number of ether oxygens (including phenoxy) is 1. The highest BCUT2D eigenvalue weighted by atomic mass is 32.1. The number of rotatable bonds is 12. The van der Waals surface area contributed by atoms with Gasteiger partial charge in [-0.1, -0.05) is 61.1 Å². The molecule has 10 heteroatoms. The van der Waals surface area contributed by atoms with E-state index in [1.807, 2.05) is 42.5 Å². The van der Waals surface area contributed by atoms with E-state index in [1.54, 1.807) is 42.5 Å². The third-order valence-corrected chi connectivity index (χ3v) is 10.1. The molecule has 6 rings (SSSR count). The number of azo groups is 1. The zero-order valence-electron chi connectivity index (χ0n) is 26.4. The average molecular weight is 663 g/mol. The number of esters is 1. The smallest absolute Gasteiger partial charge is 0.340 e. The van der Waals surface area contributed by atoms with Crippen LogP contribution in [-0.2, 0) is 11.2 Å². The lowest BCUT2D eigenvalue weighted by Crippen LogP contribution is -2.26. The Labute approximate surface area is 281 Å². The molecule has 0 N–H and O–H groups in total. The van der Waals surface area contributed by atoms with Crippen LogP contribution >= 0.6 is 22.7 Å². The first-order valence-electron chi connectivity index (χ1n) is 15.8. The van der Waals surface area contributed by atoms with Gasteiger partial charge >= 0.3 is 5.97 Å². The molecule has 1 aliphatic rings. The topological polar surface area (TPSA) is 101 Å². The average Bonchev–Trinajstić information content (AvgIpc) is 3.73. The molecule has 2 aromatic heterocycles. The predicted octanol–water partition coefficient (Wildman–Crippen LogP) is 9.65. The minimum absolute atomic E-state index is 0.00627. The molecule has 0 atom stereocenters. The van der Waals surface area contributed by atoms with Crippen LogP contribution in [0.4, 0.5) is 16.5 Å². The molecule has 0 spiro atoms. The third kappa shape index (κ3) is 6.99. The van der Waals surface area contributed by atoms with E-state index < -0.39 is 23.5 Å². The number of Topliss-reactive ketones (excluding diaryl/α,β-unsaturated/α-hetero) is 2. The number of carbonyl (C=O) groups is 3. The van der Waals surface area contributed by atoms with Gasteiger partial charge in [-0.2, -0.15) is 0 Å². The summed E-state index contributed by atoms with van der Waals surface area (Å²) in [5.41, 5.74) is 3.64. The van der Waals surface area contributed by atoms with E-state index in [1.165, 1.54) is 22.7 Å². The van der Waals surface area contributed by atoms with Crippen LogP contribution in [-0.4, -0.2) is 35.6 Å². The maximum Gasteiger partial charge on any atom is 0.340 e. The second-order valence-electron chi connectivity index (χ2n) is 11.1. The molecule has 8 nitrogen and oxygen atoms in total. The molecule has 3 aromatic carbocycles. The van der Waals surface area contributed by atoms with Crippen molar-refractivity contribution in [2.24, 2.45) is 16.1 Å². The monoisotopic (exact) mass is 662 g/mol. The number of aryl methyl sites for hydroxylation is 1. The highest BCUT2D eigenvalue weighted by Crippen LogP contribution is 2.38. The normalized spacial score (nSPS) is 13.6. The number of unbranched alkanes of at least 4 members (excludes halogenated alkanes) is 1. The van der Waals surface area contributed by atoms with Crippen molar-refractivity contribution in [3.63, 3.8) is 0 Å². The van der Waals surface area contributed by atoms with Gasteiger partial charge in [-0.25, -0.2) is 9.78 Å². The fourth-order valence-electron chi connectivity index (χ4n) is 5.58. The minimum Gasteiger partial charge on any atom is -0.423 e. The van der Waals surface area contributed by atoms with Gasteiger partial charge < -0.3 is 9.64 Å². The first kappa shape index (κ1) is 32.2. The van der Waals surface area contributed by atoms with Crippen LogP contribution in [0.15, 0.2) is 94.7 Å². The first-order valence-corrected chi connectivity index (χ1v) is 17.4. The van der Waals surface area contributed by atoms with E-state index >= 15 is 0 Å². The minimum atomic E-state index is -1.28. The van der Waals surface area contributed by atoms with Gasteiger partial charge in [0.15, 0.2) is 11.6 Å². The number of nitrogens with zero attached hydrogens (tertiary/aromatic N) is 4. The number of fused-ring (bicyclic) bond motifs is 2. The number of benzene rings is 3. The Morgan fingerprint density at radius 3 is 2.19 bits per heavy atom. The van der Waals surface area contributed by atoms with Gasteiger partial charge in [0.05, 0.1) is 16.0 Å². The number of ketones is 2. The first-order chi connectivity index (χ1) is 22.9. The largest absolute Gasteiger partial charge is 0.423 e. The Bertz CT molecular complexity index is 1920. The molecule has 5 aromatic rings. The Kier molecular flexibility index (Phi) is 9.79. The van der Waals surface area contributed by atoms with E-state index in [9.17, 15) is 14.4 Å². The molecule has 0 amide bonds. The lowest BCUT2D eigenvalue weighted by Gasteiger charge is -2.20. The van der Waals surface area contributed by atoms with Crippen molar-refractivity contribution in [1.82, 2.24) is 4.98 Å². The number of thiazole rings is 1. The van der Waals surface area contributed by atoms with Crippen molar-refractivity contribution in [3.8, 4) is 5.75 Å². The molecule has 0 radical (unpaired) electrons. The SMILES string of the molecule is CCCCc1ccc(OC(=O)/C(=C/c2cc3sc(/N=N/c4ccc(N(CC)CC)cc4)nc3s2)C2C(=O)c3ccccc3C2=O)cc1. The third-order valence-electron chi connectivity index (χ3n) is 8.11. The Balaban J connectivity index is 1.26. The summed E-state index contributed by atoms with van der Waals surface area (Å²) in [6.07, 6.45) is 4.68. The maximum absolute atomic E-state index is 13.7. The van der Waals surface area contributed by atoms with Gasteiger partial charge in [-0.05, 0) is 80.8 Å². The Morgan fingerprint density at radius 1 is 0.894 bits per heavy atom. The van der Waals surface area contributed by atoms with Crippen LogP contribution in [0.25, 0.3) is 15.6 Å². The molecule has 238 valence electrons. The van der Waals surface area contributed by atoms with Gasteiger partial charge in [0.1, 0.15) is 16.5 Å².